The fourth-order valence-electron chi connectivity index (χ4n) is 6.75. The van der Waals surface area contributed by atoms with Crippen LogP contribution in [0, 0.1) is 0 Å². The predicted octanol–water partition coefficient (Wildman–Crippen LogP) is 14.6. The average molecular weight is 709 g/mol. The highest BCUT2D eigenvalue weighted by atomic mass is 16.6. The monoisotopic (exact) mass is 709 g/mol. The molecule has 0 aliphatic heterocycles. The molecule has 0 aromatic carbocycles. The topological polar surface area (TPSA) is 61.8 Å². The van der Waals surface area contributed by atoms with Crippen molar-refractivity contribution in [2.24, 2.45) is 0 Å². The molecule has 1 atom stereocenters. The fraction of sp³-hybridized carbons (Fsp3) is 0.956. The van der Waals surface area contributed by atoms with E-state index < -0.39 is 6.10 Å². The third-order valence-corrected chi connectivity index (χ3v) is 10.1. The van der Waals surface area contributed by atoms with Crippen LogP contribution in [0.1, 0.15) is 252 Å². The van der Waals surface area contributed by atoms with Crippen molar-refractivity contribution in [3.63, 3.8) is 0 Å². The van der Waals surface area contributed by atoms with Crippen LogP contribution in [-0.4, -0.2) is 37.9 Å². The van der Waals surface area contributed by atoms with Crippen LogP contribution < -0.4 is 0 Å². The van der Waals surface area contributed by atoms with E-state index in [-0.39, 0.29) is 18.5 Å². The Kier molecular flexibility index (Phi) is 41.4. The van der Waals surface area contributed by atoms with Crippen LogP contribution in [-0.2, 0) is 23.8 Å². The van der Waals surface area contributed by atoms with Gasteiger partial charge in [0.05, 0.1) is 6.61 Å². The van der Waals surface area contributed by atoms with Crippen LogP contribution >= 0.6 is 0 Å². The number of ether oxygens (including phenoxy) is 3. The number of unbranched alkanes of at least 4 members (excludes halogenated alkanes) is 31. The second kappa shape index (κ2) is 42.3. The van der Waals surface area contributed by atoms with Crippen molar-refractivity contribution in [1.29, 1.82) is 0 Å². The van der Waals surface area contributed by atoms with Crippen LogP contribution in [0.3, 0.4) is 0 Å². The Hall–Kier alpha value is -1.10. The van der Waals surface area contributed by atoms with Crippen LogP contribution in [0.25, 0.3) is 0 Å². The maximum absolute atomic E-state index is 12.5. The molecule has 0 N–H and O–H groups in total. The van der Waals surface area contributed by atoms with E-state index in [1.165, 1.54) is 180 Å². The SMILES string of the molecule is CCCCCCCCCCCCCCCCCCCC(=O)OCC(COCCCCCCCCCCCCCC)OC(=O)CCCCCCC. The van der Waals surface area contributed by atoms with E-state index in [0.29, 0.717) is 26.1 Å². The Morgan fingerprint density at radius 2 is 0.660 bits per heavy atom. The number of hydrogen-bond acceptors (Lipinski definition) is 5. The van der Waals surface area contributed by atoms with Gasteiger partial charge in [-0.25, -0.2) is 0 Å². The predicted molar refractivity (Wildman–Crippen MR) is 215 cm³/mol. The first-order valence-electron chi connectivity index (χ1n) is 22.6. The quantitative estimate of drug-likeness (QED) is 0.0466. The average Bonchev–Trinajstić information content (AvgIpc) is 3.11. The van der Waals surface area contributed by atoms with Gasteiger partial charge >= 0.3 is 11.9 Å². The Labute approximate surface area is 312 Å². The molecule has 0 spiro atoms. The van der Waals surface area contributed by atoms with E-state index in [1.807, 2.05) is 0 Å². The molecule has 5 nitrogen and oxygen atoms in total. The minimum absolute atomic E-state index is 0.0951. The highest BCUT2D eigenvalue weighted by molar-refractivity contribution is 5.70. The van der Waals surface area contributed by atoms with Crippen molar-refractivity contribution < 1.29 is 23.8 Å². The van der Waals surface area contributed by atoms with Gasteiger partial charge < -0.3 is 14.2 Å². The van der Waals surface area contributed by atoms with Crippen molar-refractivity contribution in [2.75, 3.05) is 19.8 Å². The van der Waals surface area contributed by atoms with Gasteiger partial charge in [0.2, 0.25) is 0 Å². The van der Waals surface area contributed by atoms with Gasteiger partial charge in [-0.2, -0.15) is 0 Å². The van der Waals surface area contributed by atoms with Crippen LogP contribution in [0.4, 0.5) is 0 Å². The lowest BCUT2D eigenvalue weighted by atomic mass is 10.0. The third-order valence-electron chi connectivity index (χ3n) is 10.1. The van der Waals surface area contributed by atoms with Crippen LogP contribution in [0.5, 0.6) is 0 Å². The molecule has 0 fully saturated rings. The molecule has 0 aromatic heterocycles. The molecule has 0 bridgehead atoms. The highest BCUT2D eigenvalue weighted by Crippen LogP contribution is 2.16. The molecule has 0 radical (unpaired) electrons. The molecular weight excluding hydrogens is 620 g/mol. The molecule has 1 unspecified atom stereocenters. The van der Waals surface area contributed by atoms with E-state index in [1.54, 1.807) is 0 Å². The molecule has 0 rings (SSSR count). The Morgan fingerprint density at radius 3 is 1.02 bits per heavy atom. The zero-order chi connectivity index (χ0) is 36.4. The first-order chi connectivity index (χ1) is 24.6. The van der Waals surface area contributed by atoms with Crippen molar-refractivity contribution in [3.8, 4) is 0 Å². The smallest absolute Gasteiger partial charge is 0.306 e. The molecule has 0 aliphatic carbocycles. The summed E-state index contributed by atoms with van der Waals surface area (Å²) in [5.41, 5.74) is 0. The molecule has 50 heavy (non-hydrogen) atoms. The molecule has 0 aliphatic rings. The summed E-state index contributed by atoms with van der Waals surface area (Å²) in [6.45, 7) is 7.81. The van der Waals surface area contributed by atoms with E-state index in [4.69, 9.17) is 14.2 Å². The van der Waals surface area contributed by atoms with Crippen molar-refractivity contribution in [2.45, 2.75) is 258 Å². The standard InChI is InChI=1S/C45H88O5/c1-4-7-10-13-15-17-19-21-22-23-24-25-26-28-30-33-35-38-44(46)49-42-43(50-45(47)39-36-32-12-9-6-3)41-48-40-37-34-31-29-27-20-18-16-14-11-8-5-2/h43H,4-42H2,1-3H3. The first-order valence-corrected chi connectivity index (χ1v) is 22.6. The summed E-state index contributed by atoms with van der Waals surface area (Å²) in [5.74, 6) is -0.391. The van der Waals surface area contributed by atoms with Gasteiger partial charge in [-0.15, -0.1) is 0 Å². The summed E-state index contributed by atoms with van der Waals surface area (Å²) in [4.78, 5) is 25.0. The van der Waals surface area contributed by atoms with Crippen molar-refractivity contribution >= 4 is 11.9 Å². The van der Waals surface area contributed by atoms with Gasteiger partial charge in [-0.05, 0) is 19.3 Å². The van der Waals surface area contributed by atoms with Gasteiger partial charge in [0.25, 0.3) is 0 Å². The normalized spacial score (nSPS) is 12.0. The molecule has 0 amide bonds. The Bertz CT molecular complexity index is 680. The fourth-order valence-corrected chi connectivity index (χ4v) is 6.75. The minimum Gasteiger partial charge on any atom is -0.462 e. The molecule has 0 aromatic rings. The van der Waals surface area contributed by atoms with Gasteiger partial charge in [0.15, 0.2) is 6.10 Å². The molecule has 5 heteroatoms. The Morgan fingerprint density at radius 1 is 0.360 bits per heavy atom. The first kappa shape index (κ1) is 48.9. The second-order valence-corrected chi connectivity index (χ2v) is 15.3. The lowest BCUT2D eigenvalue weighted by molar-refractivity contribution is -0.163. The van der Waals surface area contributed by atoms with E-state index in [9.17, 15) is 9.59 Å². The minimum atomic E-state index is -0.519. The summed E-state index contributed by atoms with van der Waals surface area (Å²) in [6, 6.07) is 0. The van der Waals surface area contributed by atoms with E-state index in [2.05, 4.69) is 20.8 Å². The lowest BCUT2D eigenvalue weighted by Gasteiger charge is -2.18. The highest BCUT2D eigenvalue weighted by Gasteiger charge is 2.17. The van der Waals surface area contributed by atoms with Gasteiger partial charge in [0, 0.05) is 19.4 Å². The maximum atomic E-state index is 12.5. The summed E-state index contributed by atoms with van der Waals surface area (Å²) >= 11 is 0. The lowest BCUT2D eigenvalue weighted by Crippen LogP contribution is -2.30. The number of carbonyl (C=O) groups is 2. The molecule has 298 valence electrons. The molecular formula is C45H88O5. The third kappa shape index (κ3) is 39.7. The summed E-state index contributed by atoms with van der Waals surface area (Å²) in [6.07, 6.45) is 44.1. The van der Waals surface area contributed by atoms with Crippen molar-refractivity contribution in [3.05, 3.63) is 0 Å². The largest absolute Gasteiger partial charge is 0.462 e. The van der Waals surface area contributed by atoms with Crippen LogP contribution in [0.2, 0.25) is 0 Å². The van der Waals surface area contributed by atoms with E-state index >= 15 is 0 Å². The summed E-state index contributed by atoms with van der Waals surface area (Å²) in [5, 5.41) is 0. The number of rotatable bonds is 42. The number of hydrogen-bond donors (Lipinski definition) is 0. The second-order valence-electron chi connectivity index (χ2n) is 15.3. The van der Waals surface area contributed by atoms with Crippen molar-refractivity contribution in [1.82, 2.24) is 0 Å². The van der Waals surface area contributed by atoms with Gasteiger partial charge in [-0.1, -0.05) is 220 Å². The summed E-state index contributed by atoms with van der Waals surface area (Å²) in [7, 11) is 0. The molecule has 0 saturated heterocycles. The van der Waals surface area contributed by atoms with Gasteiger partial charge in [0.1, 0.15) is 6.61 Å². The Balaban J connectivity index is 3.98. The van der Waals surface area contributed by atoms with E-state index in [0.717, 1.165) is 38.5 Å². The zero-order valence-electron chi connectivity index (χ0n) is 34.2. The maximum Gasteiger partial charge on any atom is 0.306 e. The summed E-state index contributed by atoms with van der Waals surface area (Å²) < 4.78 is 17.2. The number of carbonyl (C=O) groups excluding carboxylic acids is 2. The van der Waals surface area contributed by atoms with Gasteiger partial charge in [-0.3, -0.25) is 9.59 Å². The zero-order valence-corrected chi connectivity index (χ0v) is 34.2. The number of esters is 2. The van der Waals surface area contributed by atoms with Crippen LogP contribution in [0.15, 0.2) is 0 Å². The molecule has 0 heterocycles. The molecule has 0 saturated carbocycles.